The van der Waals surface area contributed by atoms with Gasteiger partial charge in [0.2, 0.25) is 5.75 Å². The zero-order valence-corrected chi connectivity index (χ0v) is 12.4. The van der Waals surface area contributed by atoms with Crippen molar-refractivity contribution in [1.82, 2.24) is 10.3 Å². The standard InChI is InChI=1S/C14H18N2O3S/c1-18-11-7-10(8-12(19-2)14(11)17)9-15-4-3-13-16-5-6-20-13/h5-8,15,17H,3-4,9H2,1-2H3. The van der Waals surface area contributed by atoms with Gasteiger partial charge >= 0.3 is 0 Å². The zero-order valence-electron chi connectivity index (χ0n) is 11.5. The van der Waals surface area contributed by atoms with Crippen LogP contribution in [0.25, 0.3) is 0 Å². The van der Waals surface area contributed by atoms with Crippen LogP contribution < -0.4 is 14.8 Å². The number of phenols is 1. The summed E-state index contributed by atoms with van der Waals surface area (Å²) >= 11 is 1.66. The average Bonchev–Trinajstić information content (AvgIpc) is 2.98. The highest BCUT2D eigenvalue weighted by molar-refractivity contribution is 7.09. The van der Waals surface area contributed by atoms with E-state index in [4.69, 9.17) is 9.47 Å². The van der Waals surface area contributed by atoms with Crippen molar-refractivity contribution in [2.24, 2.45) is 0 Å². The average molecular weight is 294 g/mol. The first-order valence-electron chi connectivity index (χ1n) is 6.27. The van der Waals surface area contributed by atoms with Crippen molar-refractivity contribution in [1.29, 1.82) is 0 Å². The van der Waals surface area contributed by atoms with Gasteiger partial charge in [0, 0.05) is 31.1 Å². The van der Waals surface area contributed by atoms with Crippen LogP contribution in [0, 0.1) is 0 Å². The molecule has 20 heavy (non-hydrogen) atoms. The lowest BCUT2D eigenvalue weighted by molar-refractivity contribution is 0.339. The Labute approximate surface area is 122 Å². The van der Waals surface area contributed by atoms with Gasteiger partial charge < -0.3 is 19.9 Å². The van der Waals surface area contributed by atoms with E-state index in [0.717, 1.165) is 23.5 Å². The number of phenolic OH excluding ortho intramolecular Hbond substituents is 1. The van der Waals surface area contributed by atoms with Crippen LogP contribution in [0.4, 0.5) is 0 Å². The lowest BCUT2D eigenvalue weighted by Crippen LogP contribution is -2.16. The maximum Gasteiger partial charge on any atom is 0.200 e. The first-order valence-corrected chi connectivity index (χ1v) is 7.15. The molecule has 0 aliphatic carbocycles. The Kier molecular flexibility index (Phi) is 5.20. The quantitative estimate of drug-likeness (QED) is 0.767. The van der Waals surface area contributed by atoms with Crippen LogP contribution in [-0.2, 0) is 13.0 Å². The third kappa shape index (κ3) is 3.61. The summed E-state index contributed by atoms with van der Waals surface area (Å²) in [6.07, 6.45) is 2.72. The summed E-state index contributed by atoms with van der Waals surface area (Å²) in [5, 5.41) is 16.3. The Morgan fingerprint density at radius 2 is 1.95 bits per heavy atom. The Morgan fingerprint density at radius 3 is 2.50 bits per heavy atom. The maximum absolute atomic E-state index is 9.83. The molecule has 1 aromatic heterocycles. The monoisotopic (exact) mass is 294 g/mol. The van der Waals surface area contributed by atoms with Gasteiger partial charge in [-0.25, -0.2) is 4.98 Å². The van der Waals surface area contributed by atoms with Gasteiger partial charge in [0.15, 0.2) is 11.5 Å². The molecule has 0 unspecified atom stereocenters. The van der Waals surface area contributed by atoms with Crippen molar-refractivity contribution in [3.8, 4) is 17.2 Å². The molecule has 0 aliphatic rings. The minimum absolute atomic E-state index is 0.0292. The van der Waals surface area contributed by atoms with Crippen LogP contribution in [0.2, 0.25) is 0 Å². The smallest absolute Gasteiger partial charge is 0.200 e. The predicted molar refractivity (Wildman–Crippen MR) is 78.7 cm³/mol. The molecule has 0 aliphatic heterocycles. The fourth-order valence-electron chi connectivity index (χ4n) is 1.85. The second kappa shape index (κ2) is 7.12. The van der Waals surface area contributed by atoms with Crippen molar-refractivity contribution in [2.75, 3.05) is 20.8 Å². The van der Waals surface area contributed by atoms with Gasteiger partial charge in [0.1, 0.15) is 0 Å². The molecule has 0 atom stereocenters. The number of benzene rings is 1. The summed E-state index contributed by atoms with van der Waals surface area (Å²) in [6.45, 7) is 1.53. The summed E-state index contributed by atoms with van der Waals surface area (Å²) in [4.78, 5) is 4.23. The second-order valence-corrected chi connectivity index (χ2v) is 5.18. The van der Waals surface area contributed by atoms with E-state index in [2.05, 4.69) is 10.3 Å². The van der Waals surface area contributed by atoms with Crippen molar-refractivity contribution in [3.05, 3.63) is 34.3 Å². The van der Waals surface area contributed by atoms with Crippen LogP contribution in [0.5, 0.6) is 17.2 Å². The molecule has 1 aromatic carbocycles. The number of aromatic hydroxyl groups is 1. The molecule has 0 radical (unpaired) electrons. The van der Waals surface area contributed by atoms with Gasteiger partial charge in [-0.2, -0.15) is 0 Å². The van der Waals surface area contributed by atoms with E-state index in [1.165, 1.54) is 14.2 Å². The molecule has 5 nitrogen and oxygen atoms in total. The van der Waals surface area contributed by atoms with Gasteiger partial charge in [-0.1, -0.05) is 0 Å². The summed E-state index contributed by atoms with van der Waals surface area (Å²) in [6, 6.07) is 3.60. The summed E-state index contributed by atoms with van der Waals surface area (Å²) in [5.41, 5.74) is 0.996. The number of rotatable bonds is 7. The highest BCUT2D eigenvalue weighted by Gasteiger charge is 2.10. The number of aromatic nitrogens is 1. The Bertz CT molecular complexity index is 518. The Morgan fingerprint density at radius 1 is 1.25 bits per heavy atom. The number of methoxy groups -OCH3 is 2. The minimum atomic E-state index is 0.0292. The highest BCUT2D eigenvalue weighted by Crippen LogP contribution is 2.36. The van der Waals surface area contributed by atoms with Gasteiger partial charge in [0.05, 0.1) is 19.2 Å². The summed E-state index contributed by atoms with van der Waals surface area (Å²) < 4.78 is 10.3. The van der Waals surface area contributed by atoms with E-state index < -0.39 is 0 Å². The van der Waals surface area contributed by atoms with Gasteiger partial charge in [0.25, 0.3) is 0 Å². The number of nitrogens with zero attached hydrogens (tertiary/aromatic N) is 1. The number of ether oxygens (including phenoxy) is 2. The number of nitrogens with one attached hydrogen (secondary N) is 1. The zero-order chi connectivity index (χ0) is 14.4. The first-order chi connectivity index (χ1) is 9.74. The van der Waals surface area contributed by atoms with Gasteiger partial charge in [-0.05, 0) is 17.7 Å². The van der Waals surface area contributed by atoms with E-state index in [9.17, 15) is 5.11 Å². The molecule has 108 valence electrons. The molecule has 2 aromatic rings. The summed E-state index contributed by atoms with van der Waals surface area (Å²) in [5.74, 6) is 0.865. The number of hydrogen-bond donors (Lipinski definition) is 2. The first kappa shape index (κ1) is 14.6. The molecule has 0 saturated carbocycles. The molecular formula is C14H18N2O3S. The van der Waals surface area contributed by atoms with Crippen molar-refractivity contribution in [3.63, 3.8) is 0 Å². The second-order valence-electron chi connectivity index (χ2n) is 4.20. The lowest BCUT2D eigenvalue weighted by Gasteiger charge is -2.11. The molecule has 0 saturated heterocycles. The SMILES string of the molecule is COc1cc(CNCCc2nccs2)cc(OC)c1O. The van der Waals surface area contributed by atoms with Crippen LogP contribution in [-0.4, -0.2) is 30.9 Å². The molecule has 0 amide bonds. The highest BCUT2D eigenvalue weighted by atomic mass is 32.1. The Balaban J connectivity index is 1.92. The fourth-order valence-corrected chi connectivity index (χ4v) is 2.47. The van der Waals surface area contributed by atoms with E-state index in [0.29, 0.717) is 18.0 Å². The van der Waals surface area contributed by atoms with Crippen LogP contribution in [0.1, 0.15) is 10.6 Å². The van der Waals surface area contributed by atoms with Crippen LogP contribution in [0.3, 0.4) is 0 Å². The van der Waals surface area contributed by atoms with E-state index >= 15 is 0 Å². The normalized spacial score (nSPS) is 10.5. The van der Waals surface area contributed by atoms with Crippen molar-refractivity contribution >= 4 is 11.3 Å². The van der Waals surface area contributed by atoms with Crippen molar-refractivity contribution < 1.29 is 14.6 Å². The minimum Gasteiger partial charge on any atom is -0.502 e. The van der Waals surface area contributed by atoms with E-state index in [-0.39, 0.29) is 5.75 Å². The third-order valence-corrected chi connectivity index (χ3v) is 3.71. The summed E-state index contributed by atoms with van der Waals surface area (Å²) in [7, 11) is 3.04. The molecule has 2 rings (SSSR count). The topological polar surface area (TPSA) is 63.6 Å². The molecule has 0 fully saturated rings. The van der Waals surface area contributed by atoms with E-state index in [1.807, 2.05) is 11.6 Å². The molecule has 1 heterocycles. The van der Waals surface area contributed by atoms with Gasteiger partial charge in [-0.15, -0.1) is 11.3 Å². The molecular weight excluding hydrogens is 276 g/mol. The van der Waals surface area contributed by atoms with Gasteiger partial charge in [-0.3, -0.25) is 0 Å². The van der Waals surface area contributed by atoms with Crippen LogP contribution in [0.15, 0.2) is 23.7 Å². The molecule has 0 bridgehead atoms. The largest absolute Gasteiger partial charge is 0.502 e. The number of thiazole rings is 1. The number of hydrogen-bond acceptors (Lipinski definition) is 6. The molecule has 0 spiro atoms. The maximum atomic E-state index is 9.83. The Hall–Kier alpha value is -1.79. The predicted octanol–water partition coefficient (Wildman–Crippen LogP) is 2.20. The third-order valence-electron chi connectivity index (χ3n) is 2.87. The van der Waals surface area contributed by atoms with Crippen LogP contribution >= 0.6 is 11.3 Å². The lowest BCUT2D eigenvalue weighted by atomic mass is 10.2. The molecule has 6 heteroatoms. The fraction of sp³-hybridized carbons (Fsp3) is 0.357. The van der Waals surface area contributed by atoms with E-state index in [1.54, 1.807) is 23.5 Å². The van der Waals surface area contributed by atoms with Crippen molar-refractivity contribution in [2.45, 2.75) is 13.0 Å². The molecule has 2 N–H and O–H groups in total.